The van der Waals surface area contributed by atoms with Gasteiger partial charge < -0.3 is 9.32 Å². The molecule has 2 heteroatoms. The number of rotatable bonds is 7. The summed E-state index contributed by atoms with van der Waals surface area (Å²) in [6, 6.07) is 80.8. The Labute approximate surface area is 337 Å². The molecule has 2 nitrogen and oxygen atoms in total. The third kappa shape index (κ3) is 5.82. The van der Waals surface area contributed by atoms with Crippen molar-refractivity contribution in [3.8, 4) is 44.5 Å². The SMILES string of the molecule is c1ccc(-c2cc(-c3ccccc3)cc(N(c3ccc4c(c3)oc3ccccc34)c3ccc4c(c3)c(-c3ccccc3)c(-c3ccccc3)c3ccccc34)c2)cc1. The van der Waals surface area contributed by atoms with Gasteiger partial charge in [-0.05, 0) is 115 Å². The Morgan fingerprint density at radius 1 is 0.241 bits per heavy atom. The molecule has 0 aliphatic rings. The lowest BCUT2D eigenvalue weighted by molar-refractivity contribution is 0.669. The highest BCUT2D eigenvalue weighted by atomic mass is 16.3. The van der Waals surface area contributed by atoms with Crippen LogP contribution in [0.3, 0.4) is 0 Å². The number of benzene rings is 10. The first-order chi connectivity index (χ1) is 28.8. The summed E-state index contributed by atoms with van der Waals surface area (Å²) in [6.07, 6.45) is 0. The van der Waals surface area contributed by atoms with Gasteiger partial charge in [0.05, 0.1) is 0 Å². The van der Waals surface area contributed by atoms with Crippen LogP contribution >= 0.6 is 0 Å². The van der Waals surface area contributed by atoms with Gasteiger partial charge in [-0.15, -0.1) is 0 Å². The Kier molecular flexibility index (Phi) is 8.19. The minimum Gasteiger partial charge on any atom is -0.456 e. The lowest BCUT2D eigenvalue weighted by Gasteiger charge is -2.28. The van der Waals surface area contributed by atoms with Crippen molar-refractivity contribution in [3.05, 3.63) is 224 Å². The van der Waals surface area contributed by atoms with Gasteiger partial charge in [-0.2, -0.15) is 0 Å². The molecule has 272 valence electrons. The smallest absolute Gasteiger partial charge is 0.137 e. The summed E-state index contributed by atoms with van der Waals surface area (Å²) in [5, 5.41) is 7.10. The highest BCUT2D eigenvalue weighted by molar-refractivity contribution is 6.22. The molecule has 10 aromatic carbocycles. The normalized spacial score (nSPS) is 11.4. The summed E-state index contributed by atoms with van der Waals surface area (Å²) in [5.74, 6) is 0. The Morgan fingerprint density at radius 3 is 1.28 bits per heavy atom. The minimum absolute atomic E-state index is 0.856. The van der Waals surface area contributed by atoms with Crippen molar-refractivity contribution in [2.75, 3.05) is 4.90 Å². The van der Waals surface area contributed by atoms with Gasteiger partial charge in [-0.3, -0.25) is 0 Å². The molecule has 1 heterocycles. The summed E-state index contributed by atoms with van der Waals surface area (Å²) in [4.78, 5) is 2.40. The molecule has 0 atom stereocenters. The van der Waals surface area contributed by atoms with Gasteiger partial charge in [0.2, 0.25) is 0 Å². The summed E-state index contributed by atoms with van der Waals surface area (Å²) >= 11 is 0. The van der Waals surface area contributed by atoms with Crippen molar-refractivity contribution in [1.82, 2.24) is 0 Å². The monoisotopic (exact) mass is 739 g/mol. The summed E-state index contributed by atoms with van der Waals surface area (Å²) in [7, 11) is 0. The number of hydrogen-bond donors (Lipinski definition) is 0. The van der Waals surface area contributed by atoms with E-state index in [4.69, 9.17) is 4.42 Å². The minimum atomic E-state index is 0.856. The largest absolute Gasteiger partial charge is 0.456 e. The first kappa shape index (κ1) is 33.6. The number of fused-ring (bicyclic) bond motifs is 6. The third-order valence-electron chi connectivity index (χ3n) is 11.4. The van der Waals surface area contributed by atoms with Crippen LogP contribution in [0.2, 0.25) is 0 Å². The Bertz CT molecular complexity index is 3200. The first-order valence-electron chi connectivity index (χ1n) is 19.8. The summed E-state index contributed by atoms with van der Waals surface area (Å²) in [5.41, 5.74) is 14.3. The Morgan fingerprint density at radius 2 is 0.672 bits per heavy atom. The van der Waals surface area contributed by atoms with E-state index in [1.54, 1.807) is 0 Å². The number of anilines is 3. The third-order valence-corrected chi connectivity index (χ3v) is 11.4. The Hall–Kier alpha value is -7.68. The molecule has 0 aliphatic heterocycles. The number of para-hydroxylation sites is 1. The predicted molar refractivity (Wildman–Crippen MR) is 245 cm³/mol. The molecule has 11 aromatic rings. The first-order valence-corrected chi connectivity index (χ1v) is 19.8. The van der Waals surface area contributed by atoms with E-state index in [9.17, 15) is 0 Å². The van der Waals surface area contributed by atoms with Crippen molar-refractivity contribution >= 4 is 60.5 Å². The Balaban J connectivity index is 1.23. The molecule has 0 bridgehead atoms. The van der Waals surface area contributed by atoms with Crippen molar-refractivity contribution in [2.45, 2.75) is 0 Å². The van der Waals surface area contributed by atoms with Crippen molar-refractivity contribution in [1.29, 1.82) is 0 Å². The van der Waals surface area contributed by atoms with E-state index >= 15 is 0 Å². The molecule has 0 spiro atoms. The topological polar surface area (TPSA) is 16.4 Å². The van der Waals surface area contributed by atoms with E-state index in [0.717, 1.165) is 61.3 Å². The van der Waals surface area contributed by atoms with Crippen LogP contribution < -0.4 is 4.90 Å². The quantitative estimate of drug-likeness (QED) is 0.151. The van der Waals surface area contributed by atoms with Crippen LogP contribution in [0, 0.1) is 0 Å². The summed E-state index contributed by atoms with van der Waals surface area (Å²) < 4.78 is 6.53. The molecule has 0 radical (unpaired) electrons. The maximum Gasteiger partial charge on any atom is 0.137 e. The predicted octanol–water partition coefficient (Wildman–Crippen LogP) is 16.0. The van der Waals surface area contributed by atoms with Gasteiger partial charge in [0.1, 0.15) is 11.2 Å². The van der Waals surface area contributed by atoms with E-state index < -0.39 is 0 Å². The van der Waals surface area contributed by atoms with E-state index in [0.29, 0.717) is 0 Å². The van der Waals surface area contributed by atoms with Crippen molar-refractivity contribution in [3.63, 3.8) is 0 Å². The number of furan rings is 1. The van der Waals surface area contributed by atoms with Crippen molar-refractivity contribution < 1.29 is 4.42 Å². The van der Waals surface area contributed by atoms with Gasteiger partial charge >= 0.3 is 0 Å². The molecule has 58 heavy (non-hydrogen) atoms. The molecule has 0 N–H and O–H groups in total. The zero-order chi connectivity index (χ0) is 38.4. The molecular formula is C56H37NO. The lowest BCUT2D eigenvalue weighted by Crippen LogP contribution is -2.10. The van der Waals surface area contributed by atoms with Gasteiger partial charge in [0.25, 0.3) is 0 Å². The van der Waals surface area contributed by atoms with Gasteiger partial charge in [-0.25, -0.2) is 0 Å². The number of hydrogen-bond acceptors (Lipinski definition) is 2. The van der Waals surface area contributed by atoms with E-state index in [-0.39, 0.29) is 0 Å². The van der Waals surface area contributed by atoms with E-state index in [1.807, 2.05) is 12.1 Å². The second-order valence-electron chi connectivity index (χ2n) is 14.9. The van der Waals surface area contributed by atoms with Crippen LogP contribution in [0.5, 0.6) is 0 Å². The second kappa shape index (κ2) is 14.1. The fourth-order valence-corrected chi connectivity index (χ4v) is 8.76. The van der Waals surface area contributed by atoms with Crippen LogP contribution in [-0.2, 0) is 0 Å². The molecular weight excluding hydrogens is 703 g/mol. The van der Waals surface area contributed by atoms with Crippen molar-refractivity contribution in [2.24, 2.45) is 0 Å². The second-order valence-corrected chi connectivity index (χ2v) is 14.9. The van der Waals surface area contributed by atoms with E-state index in [2.05, 4.69) is 217 Å². The molecule has 1 aromatic heterocycles. The van der Waals surface area contributed by atoms with E-state index in [1.165, 1.54) is 43.8 Å². The molecule has 0 saturated heterocycles. The average molecular weight is 740 g/mol. The fourth-order valence-electron chi connectivity index (χ4n) is 8.76. The number of nitrogens with zero attached hydrogens (tertiary/aromatic N) is 1. The summed E-state index contributed by atoms with van der Waals surface area (Å²) in [6.45, 7) is 0. The van der Waals surface area contributed by atoms with Gasteiger partial charge in [0.15, 0.2) is 0 Å². The van der Waals surface area contributed by atoms with Gasteiger partial charge in [0, 0.05) is 33.9 Å². The molecule has 0 amide bonds. The maximum atomic E-state index is 6.53. The highest BCUT2D eigenvalue weighted by Gasteiger charge is 2.22. The van der Waals surface area contributed by atoms with Crippen LogP contribution in [-0.4, -0.2) is 0 Å². The van der Waals surface area contributed by atoms with Crippen LogP contribution in [0.15, 0.2) is 229 Å². The van der Waals surface area contributed by atoms with Crippen LogP contribution in [0.1, 0.15) is 0 Å². The lowest BCUT2D eigenvalue weighted by atomic mass is 9.85. The zero-order valence-corrected chi connectivity index (χ0v) is 31.7. The van der Waals surface area contributed by atoms with Gasteiger partial charge in [-0.1, -0.05) is 170 Å². The standard InChI is InChI=1S/C56H37NO/c1-5-17-38(18-6-1)42-33-43(39-19-7-2-8-20-39)35-46(34-42)57(45-30-32-50-49-26-15-16-28-53(49)58-54(50)37-45)44-29-31-48-47-25-13-14-27-51(47)55(40-21-9-3-10-22-40)56(52(48)36-44)41-23-11-4-12-24-41/h1-37H. The molecule has 0 saturated carbocycles. The van der Waals surface area contributed by atoms with Crippen LogP contribution in [0.4, 0.5) is 17.1 Å². The molecule has 0 aliphatic carbocycles. The average Bonchev–Trinajstić information content (AvgIpc) is 3.68. The molecule has 0 fully saturated rings. The maximum absolute atomic E-state index is 6.53. The zero-order valence-electron chi connectivity index (χ0n) is 31.7. The fraction of sp³-hybridized carbons (Fsp3) is 0. The molecule has 11 rings (SSSR count). The van der Waals surface area contributed by atoms with Crippen LogP contribution in [0.25, 0.3) is 88.0 Å². The highest BCUT2D eigenvalue weighted by Crippen LogP contribution is 2.48. The molecule has 0 unspecified atom stereocenters.